The molecule has 84 valence electrons. The van der Waals surface area contributed by atoms with Crippen LogP contribution in [0.1, 0.15) is 38.0 Å². The Morgan fingerprint density at radius 2 is 2.13 bits per heavy atom. The van der Waals surface area contributed by atoms with Crippen molar-refractivity contribution in [3.63, 3.8) is 0 Å². The highest BCUT2D eigenvalue weighted by molar-refractivity contribution is 7.16. The Labute approximate surface area is 101 Å². The van der Waals surface area contributed by atoms with Crippen LogP contribution in [0.25, 0.3) is 0 Å². The van der Waals surface area contributed by atoms with E-state index < -0.39 is 0 Å². The first-order valence-corrected chi connectivity index (χ1v) is 6.66. The number of thiophene rings is 1. The molecule has 1 heterocycles. The molecule has 1 unspecified atom stereocenters. The molecule has 1 atom stereocenters. The quantitative estimate of drug-likeness (QED) is 0.839. The van der Waals surface area contributed by atoms with Gasteiger partial charge in [0.25, 0.3) is 0 Å². The van der Waals surface area contributed by atoms with Gasteiger partial charge in [0.05, 0.1) is 4.34 Å². The molecule has 2 N–H and O–H groups in total. The summed E-state index contributed by atoms with van der Waals surface area (Å²) in [5, 5.41) is 0. The predicted octanol–water partition coefficient (Wildman–Crippen LogP) is 3.85. The minimum atomic E-state index is -0.0405. The summed E-state index contributed by atoms with van der Waals surface area (Å²) >= 11 is 7.60. The third-order valence-corrected chi connectivity index (χ3v) is 5.12. The molecule has 0 aliphatic heterocycles. The molecule has 0 radical (unpaired) electrons. The number of rotatable bonds is 2. The van der Waals surface area contributed by atoms with Crippen molar-refractivity contribution in [2.75, 3.05) is 0 Å². The van der Waals surface area contributed by atoms with Crippen LogP contribution >= 0.6 is 22.9 Å². The van der Waals surface area contributed by atoms with Crippen molar-refractivity contribution in [2.24, 2.45) is 11.1 Å². The first kappa shape index (κ1) is 11.4. The van der Waals surface area contributed by atoms with Crippen LogP contribution in [0.15, 0.2) is 12.1 Å². The van der Waals surface area contributed by atoms with Gasteiger partial charge in [0, 0.05) is 16.8 Å². The molecular formula is C12H18ClNS. The predicted molar refractivity (Wildman–Crippen MR) is 67.6 cm³/mol. The lowest BCUT2D eigenvalue weighted by Gasteiger charge is -2.38. The third kappa shape index (κ3) is 2.08. The lowest BCUT2D eigenvalue weighted by molar-refractivity contribution is 0.208. The fourth-order valence-electron chi connectivity index (χ4n) is 2.52. The van der Waals surface area contributed by atoms with Gasteiger partial charge in [0.2, 0.25) is 0 Å². The van der Waals surface area contributed by atoms with E-state index in [0.29, 0.717) is 0 Å². The van der Waals surface area contributed by atoms with Crippen molar-refractivity contribution in [3.8, 4) is 0 Å². The Morgan fingerprint density at radius 1 is 1.40 bits per heavy atom. The van der Waals surface area contributed by atoms with Crippen LogP contribution in [0.4, 0.5) is 0 Å². The minimum absolute atomic E-state index is 0.0405. The van der Waals surface area contributed by atoms with Gasteiger partial charge in [-0.1, -0.05) is 31.9 Å². The van der Waals surface area contributed by atoms with Gasteiger partial charge >= 0.3 is 0 Å². The van der Waals surface area contributed by atoms with Gasteiger partial charge in [0.15, 0.2) is 0 Å². The maximum absolute atomic E-state index is 6.54. The monoisotopic (exact) mass is 243 g/mol. The highest BCUT2D eigenvalue weighted by Crippen LogP contribution is 2.46. The van der Waals surface area contributed by atoms with Crippen LogP contribution in [-0.2, 0) is 6.42 Å². The largest absolute Gasteiger partial charge is 0.324 e. The van der Waals surface area contributed by atoms with Crippen molar-refractivity contribution in [1.82, 2.24) is 0 Å². The average molecular weight is 244 g/mol. The molecular weight excluding hydrogens is 226 g/mol. The van der Waals surface area contributed by atoms with E-state index in [-0.39, 0.29) is 11.0 Å². The summed E-state index contributed by atoms with van der Waals surface area (Å²) in [5.74, 6) is 0. The summed E-state index contributed by atoms with van der Waals surface area (Å²) in [5.41, 5.74) is 6.75. The lowest BCUT2D eigenvalue weighted by atomic mass is 9.73. The SMILES string of the molecule is CC1(C)CCCC1(N)Cc1ccc(Cl)s1. The fraction of sp³-hybridized carbons (Fsp3) is 0.667. The van der Waals surface area contributed by atoms with Crippen molar-refractivity contribution >= 4 is 22.9 Å². The van der Waals surface area contributed by atoms with Crippen molar-refractivity contribution in [2.45, 2.75) is 45.1 Å². The summed E-state index contributed by atoms with van der Waals surface area (Å²) in [6.45, 7) is 4.57. The van der Waals surface area contributed by atoms with E-state index in [2.05, 4.69) is 19.9 Å². The summed E-state index contributed by atoms with van der Waals surface area (Å²) in [4.78, 5) is 1.32. The number of hydrogen-bond donors (Lipinski definition) is 1. The van der Waals surface area contributed by atoms with Gasteiger partial charge in [-0.25, -0.2) is 0 Å². The van der Waals surface area contributed by atoms with Crippen LogP contribution in [-0.4, -0.2) is 5.54 Å². The first-order valence-electron chi connectivity index (χ1n) is 5.46. The van der Waals surface area contributed by atoms with Crippen LogP contribution in [0.5, 0.6) is 0 Å². The average Bonchev–Trinajstić information content (AvgIpc) is 2.59. The summed E-state index contributed by atoms with van der Waals surface area (Å²) < 4.78 is 0.865. The van der Waals surface area contributed by atoms with Crippen LogP contribution in [0.3, 0.4) is 0 Å². The van der Waals surface area contributed by atoms with Gasteiger partial charge in [0.1, 0.15) is 0 Å². The minimum Gasteiger partial charge on any atom is -0.324 e. The highest BCUT2D eigenvalue weighted by Gasteiger charge is 2.45. The zero-order chi connectivity index (χ0) is 11.1. The lowest BCUT2D eigenvalue weighted by Crippen LogP contribution is -2.50. The van der Waals surface area contributed by atoms with E-state index in [1.807, 2.05) is 6.07 Å². The molecule has 1 fully saturated rings. The van der Waals surface area contributed by atoms with Crippen molar-refractivity contribution in [1.29, 1.82) is 0 Å². The topological polar surface area (TPSA) is 26.0 Å². The summed E-state index contributed by atoms with van der Waals surface area (Å²) in [6, 6.07) is 4.07. The Kier molecular flexibility index (Phi) is 2.87. The summed E-state index contributed by atoms with van der Waals surface area (Å²) in [7, 11) is 0. The molecule has 1 aliphatic carbocycles. The Morgan fingerprint density at radius 3 is 2.60 bits per heavy atom. The Bertz CT molecular complexity index is 358. The maximum atomic E-state index is 6.54. The fourth-order valence-corrected chi connectivity index (χ4v) is 3.73. The molecule has 1 aromatic heterocycles. The van der Waals surface area contributed by atoms with Crippen molar-refractivity contribution in [3.05, 3.63) is 21.3 Å². The molecule has 0 spiro atoms. The molecule has 15 heavy (non-hydrogen) atoms. The van der Waals surface area contributed by atoms with Gasteiger partial charge < -0.3 is 5.73 Å². The number of hydrogen-bond acceptors (Lipinski definition) is 2. The van der Waals surface area contributed by atoms with Crippen LogP contribution in [0.2, 0.25) is 4.34 Å². The van der Waals surface area contributed by atoms with E-state index in [4.69, 9.17) is 17.3 Å². The molecule has 1 aliphatic rings. The van der Waals surface area contributed by atoms with Crippen LogP contribution < -0.4 is 5.73 Å². The molecule has 0 amide bonds. The second kappa shape index (κ2) is 3.76. The van der Waals surface area contributed by atoms with Crippen LogP contribution in [0, 0.1) is 5.41 Å². The maximum Gasteiger partial charge on any atom is 0.0931 e. The molecule has 0 bridgehead atoms. The second-order valence-electron chi connectivity index (χ2n) is 5.28. The van der Waals surface area contributed by atoms with Gasteiger partial charge in [-0.2, -0.15) is 0 Å². The zero-order valence-corrected chi connectivity index (χ0v) is 10.9. The number of nitrogens with two attached hydrogens (primary N) is 1. The van der Waals surface area contributed by atoms with Gasteiger partial charge in [-0.05, 0) is 30.4 Å². The van der Waals surface area contributed by atoms with E-state index in [1.54, 1.807) is 11.3 Å². The second-order valence-corrected chi connectivity index (χ2v) is 7.08. The molecule has 3 heteroatoms. The third-order valence-electron chi connectivity index (χ3n) is 3.89. The molecule has 1 nitrogen and oxygen atoms in total. The smallest absolute Gasteiger partial charge is 0.0931 e. The van der Waals surface area contributed by atoms with E-state index in [9.17, 15) is 0 Å². The van der Waals surface area contributed by atoms with Gasteiger partial charge in [-0.15, -0.1) is 11.3 Å². The Hall–Kier alpha value is -0.0500. The van der Waals surface area contributed by atoms with E-state index >= 15 is 0 Å². The molecule has 0 aromatic carbocycles. The van der Waals surface area contributed by atoms with E-state index in [0.717, 1.165) is 17.2 Å². The standard InChI is InChI=1S/C12H18ClNS/c1-11(2)6-3-7-12(11,14)8-9-4-5-10(13)15-9/h4-5H,3,6-8,14H2,1-2H3. The van der Waals surface area contributed by atoms with E-state index in [1.165, 1.54) is 17.7 Å². The molecule has 1 aromatic rings. The highest BCUT2D eigenvalue weighted by atomic mass is 35.5. The zero-order valence-electron chi connectivity index (χ0n) is 9.35. The molecule has 2 rings (SSSR count). The van der Waals surface area contributed by atoms with Gasteiger partial charge in [-0.3, -0.25) is 0 Å². The summed E-state index contributed by atoms with van der Waals surface area (Å²) in [6.07, 6.45) is 4.60. The molecule has 1 saturated carbocycles. The van der Waals surface area contributed by atoms with Crippen molar-refractivity contribution < 1.29 is 0 Å². The normalized spacial score (nSPS) is 29.6. The number of halogens is 1. The molecule has 0 saturated heterocycles. The first-order chi connectivity index (χ1) is 6.93. The Balaban J connectivity index is 2.17.